The van der Waals surface area contributed by atoms with Crippen LogP contribution in [0, 0.1) is 0 Å². The van der Waals surface area contributed by atoms with Gasteiger partial charge in [-0.2, -0.15) is 0 Å². The molecule has 0 saturated heterocycles. The van der Waals surface area contributed by atoms with Crippen molar-refractivity contribution in [1.82, 2.24) is 9.79 Å². The Balaban J connectivity index is 2.12. The standard InChI is InChI=1S/C19H24N2O4S/c1-4-15(16-9-6-5-7-10-16)14-20-19(22)17-11-8-12-18(13-17)26(23,24)21(2)25-3/h5-13,15H,4,14H2,1-3H3,(H,20,22). The van der Waals surface area contributed by atoms with Crippen molar-refractivity contribution in [2.75, 3.05) is 20.7 Å². The smallest absolute Gasteiger partial charge is 0.264 e. The summed E-state index contributed by atoms with van der Waals surface area (Å²) in [6.07, 6.45) is 0.886. The topological polar surface area (TPSA) is 75.7 Å². The number of hydrogen-bond acceptors (Lipinski definition) is 4. The number of benzene rings is 2. The van der Waals surface area contributed by atoms with E-state index in [4.69, 9.17) is 4.84 Å². The number of rotatable bonds is 8. The summed E-state index contributed by atoms with van der Waals surface area (Å²) in [5.41, 5.74) is 1.45. The minimum Gasteiger partial charge on any atom is -0.351 e. The molecule has 0 aliphatic carbocycles. The molecule has 0 heterocycles. The molecule has 0 aliphatic heterocycles. The molecular formula is C19H24N2O4S. The first kappa shape index (κ1) is 20.1. The van der Waals surface area contributed by atoms with Gasteiger partial charge >= 0.3 is 0 Å². The molecule has 2 aromatic carbocycles. The maximum Gasteiger partial charge on any atom is 0.264 e. The summed E-state index contributed by atoms with van der Waals surface area (Å²) in [5, 5.41) is 2.89. The fourth-order valence-corrected chi connectivity index (χ4v) is 3.60. The third-order valence-electron chi connectivity index (χ3n) is 4.26. The number of hydrogen-bond donors (Lipinski definition) is 1. The second kappa shape index (κ2) is 8.93. The van der Waals surface area contributed by atoms with Gasteiger partial charge in [0.2, 0.25) is 0 Å². The molecular weight excluding hydrogens is 352 g/mol. The molecule has 0 bridgehead atoms. The molecule has 0 saturated carbocycles. The highest BCUT2D eigenvalue weighted by atomic mass is 32.2. The van der Waals surface area contributed by atoms with Crippen LogP contribution in [0.1, 0.15) is 35.2 Å². The molecule has 6 nitrogen and oxygen atoms in total. The highest BCUT2D eigenvalue weighted by Crippen LogP contribution is 2.19. The summed E-state index contributed by atoms with van der Waals surface area (Å²) < 4.78 is 25.4. The lowest BCUT2D eigenvalue weighted by Crippen LogP contribution is -2.29. The van der Waals surface area contributed by atoms with Gasteiger partial charge in [0.25, 0.3) is 15.9 Å². The first-order valence-corrected chi connectivity index (χ1v) is 9.80. The van der Waals surface area contributed by atoms with Crippen LogP contribution < -0.4 is 5.32 Å². The third kappa shape index (κ3) is 4.69. The molecule has 1 atom stereocenters. The SMILES string of the molecule is CCC(CNC(=O)c1cccc(S(=O)(=O)N(C)OC)c1)c1ccccc1. The lowest BCUT2D eigenvalue weighted by molar-refractivity contribution is -0.0258. The highest BCUT2D eigenvalue weighted by Gasteiger charge is 2.22. The molecule has 26 heavy (non-hydrogen) atoms. The number of carbonyl (C=O) groups is 1. The van der Waals surface area contributed by atoms with E-state index in [0.717, 1.165) is 16.5 Å². The lowest BCUT2D eigenvalue weighted by Gasteiger charge is -2.17. The van der Waals surface area contributed by atoms with Gasteiger partial charge in [-0.15, -0.1) is 0 Å². The molecule has 2 rings (SSSR count). The molecule has 140 valence electrons. The minimum atomic E-state index is -3.79. The predicted molar refractivity (Wildman–Crippen MR) is 100 cm³/mol. The van der Waals surface area contributed by atoms with Gasteiger partial charge in [0.15, 0.2) is 0 Å². The van der Waals surface area contributed by atoms with E-state index in [1.165, 1.54) is 26.3 Å². The normalized spacial score (nSPS) is 12.8. The van der Waals surface area contributed by atoms with Crippen LogP contribution >= 0.6 is 0 Å². The largest absolute Gasteiger partial charge is 0.351 e. The second-order valence-electron chi connectivity index (χ2n) is 5.85. The Bertz CT molecular complexity index is 838. The number of nitrogens with zero attached hydrogens (tertiary/aromatic N) is 1. The van der Waals surface area contributed by atoms with Crippen molar-refractivity contribution in [3.8, 4) is 0 Å². The molecule has 1 N–H and O–H groups in total. The Morgan fingerprint density at radius 3 is 2.46 bits per heavy atom. The van der Waals surface area contributed by atoms with Gasteiger partial charge in [0, 0.05) is 25.1 Å². The highest BCUT2D eigenvalue weighted by molar-refractivity contribution is 7.89. The molecule has 1 amide bonds. The second-order valence-corrected chi connectivity index (χ2v) is 7.79. The minimum absolute atomic E-state index is 0.00426. The van der Waals surface area contributed by atoms with E-state index in [1.807, 2.05) is 30.3 Å². The predicted octanol–water partition coefficient (Wildman–Crippen LogP) is 2.79. The zero-order chi connectivity index (χ0) is 19.2. The molecule has 0 spiro atoms. The van der Waals surface area contributed by atoms with Crippen LogP contribution in [0.2, 0.25) is 0 Å². The van der Waals surface area contributed by atoms with Crippen LogP contribution in [0.15, 0.2) is 59.5 Å². The van der Waals surface area contributed by atoms with Crippen molar-refractivity contribution in [1.29, 1.82) is 0 Å². The van der Waals surface area contributed by atoms with Crippen LogP contribution in [-0.4, -0.2) is 39.5 Å². The first-order chi connectivity index (χ1) is 12.4. The number of nitrogens with one attached hydrogen (secondary N) is 1. The van der Waals surface area contributed by atoms with Crippen molar-refractivity contribution in [2.45, 2.75) is 24.2 Å². The van der Waals surface area contributed by atoms with Crippen molar-refractivity contribution >= 4 is 15.9 Å². The number of carbonyl (C=O) groups excluding carboxylic acids is 1. The van der Waals surface area contributed by atoms with Gasteiger partial charge in [0.05, 0.1) is 12.0 Å². The van der Waals surface area contributed by atoms with Crippen LogP contribution in [0.4, 0.5) is 0 Å². The van der Waals surface area contributed by atoms with E-state index in [9.17, 15) is 13.2 Å². The van der Waals surface area contributed by atoms with Crippen LogP contribution in [0.5, 0.6) is 0 Å². The van der Waals surface area contributed by atoms with E-state index in [2.05, 4.69) is 12.2 Å². The molecule has 7 heteroatoms. The Kier molecular flexibility index (Phi) is 6.90. The number of sulfonamides is 1. The van der Waals surface area contributed by atoms with E-state index in [0.29, 0.717) is 12.1 Å². The van der Waals surface area contributed by atoms with E-state index in [-0.39, 0.29) is 16.7 Å². The quantitative estimate of drug-likeness (QED) is 0.719. The van der Waals surface area contributed by atoms with Gasteiger partial charge in [-0.3, -0.25) is 9.63 Å². The fraction of sp³-hybridized carbons (Fsp3) is 0.316. The summed E-state index contributed by atoms with van der Waals surface area (Å²) in [6.45, 7) is 2.55. The average molecular weight is 376 g/mol. The number of hydroxylamine groups is 1. The van der Waals surface area contributed by atoms with Crippen molar-refractivity contribution in [3.05, 3.63) is 65.7 Å². The van der Waals surface area contributed by atoms with Crippen LogP contribution in [-0.2, 0) is 14.9 Å². The van der Waals surface area contributed by atoms with Gasteiger partial charge in [-0.05, 0) is 30.2 Å². The molecule has 0 aliphatic rings. The molecule has 0 radical (unpaired) electrons. The molecule has 2 aromatic rings. The Morgan fingerprint density at radius 1 is 1.15 bits per heavy atom. The maximum absolute atomic E-state index is 12.5. The van der Waals surface area contributed by atoms with Gasteiger partial charge in [-0.1, -0.05) is 47.8 Å². The van der Waals surface area contributed by atoms with E-state index >= 15 is 0 Å². The fourth-order valence-electron chi connectivity index (χ4n) is 2.59. The van der Waals surface area contributed by atoms with E-state index < -0.39 is 10.0 Å². The maximum atomic E-state index is 12.5. The Hall–Kier alpha value is -2.22. The summed E-state index contributed by atoms with van der Waals surface area (Å²) in [5.74, 6) is -0.108. The summed E-state index contributed by atoms with van der Waals surface area (Å²) in [4.78, 5) is 17.2. The van der Waals surface area contributed by atoms with Crippen molar-refractivity contribution < 1.29 is 18.0 Å². The Morgan fingerprint density at radius 2 is 1.85 bits per heavy atom. The zero-order valence-corrected chi connectivity index (χ0v) is 16.0. The summed E-state index contributed by atoms with van der Waals surface area (Å²) in [7, 11) is -1.23. The Labute approximate surface area is 154 Å². The zero-order valence-electron chi connectivity index (χ0n) is 15.2. The van der Waals surface area contributed by atoms with Gasteiger partial charge in [-0.25, -0.2) is 8.42 Å². The number of amides is 1. The summed E-state index contributed by atoms with van der Waals surface area (Å²) in [6, 6.07) is 15.9. The molecule has 0 aromatic heterocycles. The van der Waals surface area contributed by atoms with Crippen molar-refractivity contribution in [3.63, 3.8) is 0 Å². The van der Waals surface area contributed by atoms with Gasteiger partial charge in [0.1, 0.15) is 0 Å². The van der Waals surface area contributed by atoms with Crippen molar-refractivity contribution in [2.24, 2.45) is 0 Å². The summed E-state index contributed by atoms with van der Waals surface area (Å²) >= 11 is 0. The first-order valence-electron chi connectivity index (χ1n) is 8.36. The molecule has 1 unspecified atom stereocenters. The van der Waals surface area contributed by atoms with E-state index in [1.54, 1.807) is 12.1 Å². The average Bonchev–Trinajstić information content (AvgIpc) is 2.68. The van der Waals surface area contributed by atoms with Gasteiger partial charge < -0.3 is 5.32 Å². The third-order valence-corrected chi connectivity index (χ3v) is 5.94. The lowest BCUT2D eigenvalue weighted by atomic mass is 9.96. The van der Waals surface area contributed by atoms with Crippen LogP contribution in [0.3, 0.4) is 0 Å². The van der Waals surface area contributed by atoms with Crippen LogP contribution in [0.25, 0.3) is 0 Å². The molecule has 0 fully saturated rings. The monoisotopic (exact) mass is 376 g/mol.